The summed E-state index contributed by atoms with van der Waals surface area (Å²) in [6, 6.07) is 0. The topological polar surface area (TPSA) is 0 Å². The van der Waals surface area contributed by atoms with Gasteiger partial charge in [0.1, 0.15) is 0 Å². The molecule has 3 heteroatoms. The van der Waals surface area contributed by atoms with Crippen LogP contribution in [0.3, 0.4) is 0 Å². The van der Waals surface area contributed by atoms with E-state index in [1.807, 2.05) is 23.5 Å². The Kier molecular flexibility index (Phi) is 6.74. The van der Waals surface area contributed by atoms with Crippen molar-refractivity contribution in [2.45, 2.75) is 26.5 Å². The first-order valence-corrected chi connectivity index (χ1v) is 7.23. The molecule has 0 aromatic heterocycles. The van der Waals surface area contributed by atoms with Gasteiger partial charge in [-0.05, 0) is 12.5 Å². The monoisotopic (exact) mass is 191 g/mol. The normalized spacial score (nSPS) is 12.0. The van der Waals surface area contributed by atoms with E-state index in [-0.39, 0.29) is 6.15 Å². The van der Waals surface area contributed by atoms with Gasteiger partial charge < -0.3 is 0 Å². The summed E-state index contributed by atoms with van der Waals surface area (Å²) in [6.45, 7) is 4.69. The summed E-state index contributed by atoms with van der Waals surface area (Å²) in [4.78, 5) is 0. The van der Waals surface area contributed by atoms with Crippen molar-refractivity contribution in [1.82, 2.24) is 0 Å². The molecule has 68 valence electrons. The molecule has 0 bridgehead atoms. The third kappa shape index (κ3) is 3.79. The van der Waals surface area contributed by atoms with Crippen molar-refractivity contribution in [3.63, 3.8) is 0 Å². The Labute approximate surface area is 80.2 Å². The highest BCUT2D eigenvalue weighted by molar-refractivity contribution is 8.02. The lowest BCUT2D eigenvalue weighted by Crippen LogP contribution is -2.39. The molecule has 0 aliphatic heterocycles. The molecule has 0 spiro atoms. The predicted octanol–water partition coefficient (Wildman–Crippen LogP) is 3.28. The average Bonchev–Trinajstić information content (AvgIpc) is 2.04. The minimum Gasteiger partial charge on any atom is -0.204 e. The van der Waals surface area contributed by atoms with Gasteiger partial charge in [-0.25, -0.2) is 23.5 Å². The molecule has 0 amide bonds. The molecule has 0 aromatic rings. The zero-order valence-corrected chi connectivity index (χ0v) is 9.86. The second-order valence-electron chi connectivity index (χ2n) is 3.46. The van der Waals surface area contributed by atoms with Gasteiger partial charge in [-0.1, -0.05) is 13.8 Å². The Hall–Kier alpha value is 0.765. The van der Waals surface area contributed by atoms with Crippen LogP contribution in [0.5, 0.6) is 0 Å². The van der Waals surface area contributed by atoms with E-state index < -0.39 is 0 Å². The van der Waals surface area contributed by atoms with Crippen LogP contribution in [0.15, 0.2) is 0 Å². The number of rotatable bonds is 6. The molecular weight excluding hydrogens is 171 g/mol. The maximum Gasteiger partial charge on any atom is 0.0202 e. The SMILES string of the molecule is CC[B-](CC)(CSC)CSC. The molecule has 0 saturated carbocycles. The molecule has 11 heavy (non-hydrogen) atoms. The quantitative estimate of drug-likeness (QED) is 0.591. The van der Waals surface area contributed by atoms with Crippen LogP contribution in [0.4, 0.5) is 0 Å². The summed E-state index contributed by atoms with van der Waals surface area (Å²) < 4.78 is 0. The van der Waals surface area contributed by atoms with Crippen molar-refractivity contribution >= 4 is 29.7 Å². The fourth-order valence-electron chi connectivity index (χ4n) is 1.52. The Morgan fingerprint density at radius 2 is 1.27 bits per heavy atom. The van der Waals surface area contributed by atoms with Crippen LogP contribution in [-0.4, -0.2) is 30.0 Å². The van der Waals surface area contributed by atoms with Gasteiger partial charge in [0, 0.05) is 6.15 Å². The molecule has 0 aliphatic carbocycles. The van der Waals surface area contributed by atoms with Gasteiger partial charge in [0.2, 0.25) is 0 Å². The molecule has 0 atom stereocenters. The molecule has 0 radical (unpaired) electrons. The van der Waals surface area contributed by atoms with Gasteiger partial charge in [-0.2, -0.15) is 12.6 Å². The molecule has 0 fully saturated rings. The molecular formula is C8H20BS2-. The Morgan fingerprint density at radius 3 is 1.45 bits per heavy atom. The summed E-state index contributed by atoms with van der Waals surface area (Å²) in [5.41, 5.74) is 2.77. The minimum absolute atomic E-state index is 0.0324. The lowest BCUT2D eigenvalue weighted by atomic mass is 9.25. The lowest BCUT2D eigenvalue weighted by molar-refractivity contribution is 1.24. The summed E-state index contributed by atoms with van der Waals surface area (Å²) in [7, 11) is 0. The second-order valence-corrected chi connectivity index (χ2v) is 5.28. The van der Waals surface area contributed by atoms with Crippen LogP contribution in [0.25, 0.3) is 0 Å². The van der Waals surface area contributed by atoms with E-state index in [1.54, 1.807) is 0 Å². The highest BCUT2D eigenvalue weighted by Crippen LogP contribution is 2.22. The standard InChI is InChI=1S/C8H20BS2/c1-5-9(6-2,7-10-3)8-11-4/h5-8H2,1-4H3/q-1. The van der Waals surface area contributed by atoms with Crippen LogP contribution in [0.2, 0.25) is 12.6 Å². The summed E-state index contributed by atoms with van der Waals surface area (Å²) in [5, 5.41) is 0. The van der Waals surface area contributed by atoms with Gasteiger partial charge in [0.25, 0.3) is 0 Å². The zero-order valence-electron chi connectivity index (χ0n) is 8.22. The second kappa shape index (κ2) is 6.30. The smallest absolute Gasteiger partial charge is 0.0202 e. The highest BCUT2D eigenvalue weighted by atomic mass is 32.2. The Morgan fingerprint density at radius 1 is 0.909 bits per heavy atom. The Bertz CT molecular complexity index is 84.1. The van der Waals surface area contributed by atoms with Crippen molar-refractivity contribution < 1.29 is 0 Å². The van der Waals surface area contributed by atoms with Crippen LogP contribution in [0, 0.1) is 0 Å². The predicted molar refractivity (Wildman–Crippen MR) is 63.5 cm³/mol. The largest absolute Gasteiger partial charge is 0.204 e. The first-order valence-electron chi connectivity index (χ1n) is 4.44. The van der Waals surface area contributed by atoms with Crippen LogP contribution in [0.1, 0.15) is 13.8 Å². The van der Waals surface area contributed by atoms with Crippen LogP contribution in [-0.2, 0) is 0 Å². The van der Waals surface area contributed by atoms with E-state index in [0.717, 1.165) is 0 Å². The Balaban J connectivity index is 3.96. The zero-order chi connectivity index (χ0) is 8.74. The van der Waals surface area contributed by atoms with Gasteiger partial charge >= 0.3 is 0 Å². The van der Waals surface area contributed by atoms with Crippen molar-refractivity contribution in [2.24, 2.45) is 0 Å². The van der Waals surface area contributed by atoms with Gasteiger partial charge in [-0.15, -0.1) is 11.3 Å². The highest BCUT2D eigenvalue weighted by Gasteiger charge is 2.18. The third-order valence-electron chi connectivity index (χ3n) is 2.77. The van der Waals surface area contributed by atoms with Crippen molar-refractivity contribution in [1.29, 1.82) is 0 Å². The van der Waals surface area contributed by atoms with E-state index in [1.165, 1.54) is 23.9 Å². The third-order valence-corrected chi connectivity index (χ3v) is 4.85. The lowest BCUT2D eigenvalue weighted by Gasteiger charge is -2.35. The fourth-order valence-corrected chi connectivity index (χ4v) is 4.26. The van der Waals surface area contributed by atoms with Gasteiger partial charge in [-0.3, -0.25) is 0 Å². The number of hydrogen-bond donors (Lipinski definition) is 0. The van der Waals surface area contributed by atoms with Crippen molar-refractivity contribution in [3.05, 3.63) is 0 Å². The summed E-state index contributed by atoms with van der Waals surface area (Å²) >= 11 is 4.02. The fraction of sp³-hybridized carbons (Fsp3) is 1.00. The minimum atomic E-state index is -0.0324. The van der Waals surface area contributed by atoms with Crippen molar-refractivity contribution in [2.75, 3.05) is 23.8 Å². The van der Waals surface area contributed by atoms with E-state index >= 15 is 0 Å². The molecule has 0 rings (SSSR count). The van der Waals surface area contributed by atoms with Crippen molar-refractivity contribution in [3.8, 4) is 0 Å². The molecule has 0 nitrogen and oxygen atoms in total. The number of hydrogen-bond acceptors (Lipinski definition) is 2. The number of thioether (sulfide) groups is 2. The first-order chi connectivity index (χ1) is 5.24. The summed E-state index contributed by atoms with van der Waals surface area (Å²) in [5.74, 6) is 0. The van der Waals surface area contributed by atoms with Gasteiger partial charge in [0.15, 0.2) is 0 Å². The average molecular weight is 191 g/mol. The maximum absolute atomic E-state index is 2.34. The van der Waals surface area contributed by atoms with E-state index in [9.17, 15) is 0 Å². The van der Waals surface area contributed by atoms with Gasteiger partial charge in [0.05, 0.1) is 0 Å². The van der Waals surface area contributed by atoms with E-state index in [4.69, 9.17) is 0 Å². The van der Waals surface area contributed by atoms with Crippen LogP contribution < -0.4 is 0 Å². The summed E-state index contributed by atoms with van der Waals surface area (Å²) in [6.07, 6.45) is 7.19. The molecule has 0 unspecified atom stereocenters. The molecule has 0 saturated heterocycles. The van der Waals surface area contributed by atoms with Crippen LogP contribution >= 0.6 is 23.5 Å². The maximum atomic E-state index is 2.34. The molecule has 0 aromatic carbocycles. The molecule has 0 aliphatic rings. The first kappa shape index (κ1) is 11.8. The van der Waals surface area contributed by atoms with E-state index in [0.29, 0.717) is 0 Å². The molecule has 0 N–H and O–H groups in total. The van der Waals surface area contributed by atoms with E-state index in [2.05, 4.69) is 26.4 Å². The molecule has 0 heterocycles.